The summed E-state index contributed by atoms with van der Waals surface area (Å²) < 4.78 is 1.58. The number of carbonyl (C=O) groups excluding carboxylic acids is 1. The van der Waals surface area contributed by atoms with Crippen LogP contribution in [-0.2, 0) is 0 Å². The van der Waals surface area contributed by atoms with Crippen molar-refractivity contribution in [2.75, 3.05) is 5.73 Å². The number of primary amides is 1. The van der Waals surface area contributed by atoms with Gasteiger partial charge in [0.05, 0.1) is 33.1 Å². The zero-order valence-electron chi connectivity index (χ0n) is 8.09. The Morgan fingerprint density at radius 2 is 2.25 bits per heavy atom. The average molecular weight is 282 g/mol. The minimum absolute atomic E-state index is 0.173. The van der Waals surface area contributed by atoms with Crippen molar-refractivity contribution in [3.05, 3.63) is 30.1 Å². The fraction of sp³-hybridized carbons (Fsp3) is 0. The summed E-state index contributed by atoms with van der Waals surface area (Å²) in [6, 6.07) is 3.31. The average Bonchev–Trinajstić information content (AvgIpc) is 2.60. The van der Waals surface area contributed by atoms with Crippen molar-refractivity contribution in [1.29, 1.82) is 0 Å². The summed E-state index contributed by atoms with van der Waals surface area (Å²) >= 11 is 3.25. The number of aromatic nitrogens is 3. The van der Waals surface area contributed by atoms with Crippen molar-refractivity contribution in [1.82, 2.24) is 13.6 Å². The third kappa shape index (κ3) is 1.89. The third-order valence-electron chi connectivity index (χ3n) is 2.00. The van der Waals surface area contributed by atoms with Gasteiger partial charge in [0.2, 0.25) is 11.9 Å². The van der Waals surface area contributed by atoms with E-state index in [1.165, 1.54) is 0 Å². The second-order valence-electron chi connectivity index (χ2n) is 3.09. The zero-order valence-corrected chi connectivity index (χ0v) is 9.68. The summed E-state index contributed by atoms with van der Waals surface area (Å²) in [7, 11) is 0. The van der Waals surface area contributed by atoms with E-state index in [0.29, 0.717) is 17.0 Å². The van der Waals surface area contributed by atoms with Crippen molar-refractivity contribution in [3.8, 4) is 11.4 Å². The van der Waals surface area contributed by atoms with Crippen LogP contribution in [0, 0.1) is 0 Å². The lowest BCUT2D eigenvalue weighted by Crippen LogP contribution is -2.09. The van der Waals surface area contributed by atoms with E-state index in [9.17, 15) is 4.79 Å². The maximum Gasteiger partial charge on any atom is 0.250 e. The highest BCUT2D eigenvalue weighted by Crippen LogP contribution is 2.22. The van der Waals surface area contributed by atoms with Gasteiger partial charge in [0.1, 0.15) is 0 Å². The Balaban J connectivity index is 2.52. The molecule has 0 unspecified atom stereocenters. The molecule has 0 fully saturated rings. The van der Waals surface area contributed by atoms with Crippen LogP contribution >= 0.6 is 16.1 Å². The predicted molar refractivity (Wildman–Crippen MR) is 62.7 cm³/mol. The summed E-state index contributed by atoms with van der Waals surface area (Å²) in [4.78, 5) is 18.8. The molecular formula is C9H8BrN5O. The fourth-order valence-corrected chi connectivity index (χ4v) is 1.78. The predicted octanol–water partition coefficient (Wildman–Crippen LogP) is 0.784. The molecule has 2 aromatic rings. The lowest BCUT2D eigenvalue weighted by Gasteiger charge is -2.00. The highest BCUT2D eigenvalue weighted by Gasteiger charge is 2.11. The molecule has 7 heteroatoms. The Kier molecular flexibility index (Phi) is 2.61. The van der Waals surface area contributed by atoms with E-state index in [1.807, 2.05) is 0 Å². The molecule has 0 aromatic carbocycles. The second-order valence-corrected chi connectivity index (χ2v) is 3.85. The van der Waals surface area contributed by atoms with Crippen LogP contribution < -0.4 is 11.5 Å². The van der Waals surface area contributed by atoms with Gasteiger partial charge in [-0.3, -0.25) is 8.39 Å². The zero-order chi connectivity index (χ0) is 11.7. The van der Waals surface area contributed by atoms with Crippen LogP contribution in [0.4, 0.5) is 5.95 Å². The molecule has 0 radical (unpaired) electrons. The first kappa shape index (κ1) is 10.6. The summed E-state index contributed by atoms with van der Waals surface area (Å²) in [5.74, 6) is -0.326. The van der Waals surface area contributed by atoms with E-state index in [-0.39, 0.29) is 5.95 Å². The number of carbonyl (C=O) groups is 1. The van der Waals surface area contributed by atoms with Gasteiger partial charge in [0.15, 0.2) is 0 Å². The number of nitrogens with zero attached hydrogens (tertiary/aromatic N) is 3. The Morgan fingerprint density at radius 3 is 2.81 bits per heavy atom. The van der Waals surface area contributed by atoms with Crippen molar-refractivity contribution in [2.24, 2.45) is 5.73 Å². The largest absolute Gasteiger partial charge is 0.368 e. The molecule has 0 saturated heterocycles. The Morgan fingerprint density at radius 1 is 1.50 bits per heavy atom. The van der Waals surface area contributed by atoms with Gasteiger partial charge >= 0.3 is 0 Å². The smallest absolute Gasteiger partial charge is 0.250 e. The van der Waals surface area contributed by atoms with E-state index in [1.54, 1.807) is 28.1 Å². The van der Waals surface area contributed by atoms with Crippen LogP contribution in [-0.4, -0.2) is 19.5 Å². The number of halogens is 1. The second kappa shape index (κ2) is 3.93. The van der Waals surface area contributed by atoms with Crippen molar-refractivity contribution in [2.45, 2.75) is 0 Å². The van der Waals surface area contributed by atoms with Gasteiger partial charge in [0.25, 0.3) is 0 Å². The molecule has 0 spiro atoms. The highest BCUT2D eigenvalue weighted by molar-refractivity contribution is 9.08. The van der Waals surface area contributed by atoms with Gasteiger partial charge in [-0.15, -0.1) is 0 Å². The van der Waals surface area contributed by atoms with Crippen molar-refractivity contribution in [3.63, 3.8) is 0 Å². The molecular weight excluding hydrogens is 274 g/mol. The number of hydrogen-bond acceptors (Lipinski definition) is 4. The summed E-state index contributed by atoms with van der Waals surface area (Å²) in [6.45, 7) is 0. The van der Waals surface area contributed by atoms with E-state index < -0.39 is 5.91 Å². The van der Waals surface area contributed by atoms with Gasteiger partial charge in [-0.1, -0.05) is 0 Å². The first-order valence-electron chi connectivity index (χ1n) is 4.35. The van der Waals surface area contributed by atoms with Crippen LogP contribution in [0.3, 0.4) is 0 Å². The molecule has 0 atom stereocenters. The monoisotopic (exact) mass is 281 g/mol. The molecule has 2 aromatic heterocycles. The number of nitrogen functional groups attached to an aromatic ring is 1. The molecule has 4 N–H and O–H groups in total. The minimum Gasteiger partial charge on any atom is -0.368 e. The summed E-state index contributed by atoms with van der Waals surface area (Å²) in [5, 5.41) is 0. The van der Waals surface area contributed by atoms with E-state index in [4.69, 9.17) is 11.5 Å². The van der Waals surface area contributed by atoms with Gasteiger partial charge < -0.3 is 11.5 Å². The normalized spacial score (nSPS) is 10.3. The molecule has 6 nitrogen and oxygen atoms in total. The molecule has 1 amide bonds. The number of anilines is 1. The maximum absolute atomic E-state index is 11.0. The van der Waals surface area contributed by atoms with Gasteiger partial charge in [-0.05, 0) is 12.1 Å². The van der Waals surface area contributed by atoms with Crippen LogP contribution in [0.5, 0.6) is 0 Å². The standard InChI is InChI=1S/C9H8BrN5O/c10-15-4-5(8(11)16)3-7(15)6-1-2-13-9(12)14-6/h1-4H,(H2,11,16)(H2,12,13,14). The van der Waals surface area contributed by atoms with Crippen LogP contribution in [0.15, 0.2) is 24.5 Å². The SMILES string of the molecule is NC(=O)c1cc(-c2ccnc(N)n2)n(Br)c1. The quantitative estimate of drug-likeness (QED) is 0.850. The molecule has 0 aliphatic carbocycles. The minimum atomic E-state index is -0.499. The van der Waals surface area contributed by atoms with Gasteiger partial charge in [-0.2, -0.15) is 0 Å². The van der Waals surface area contributed by atoms with E-state index in [2.05, 4.69) is 26.1 Å². The summed E-state index contributed by atoms with van der Waals surface area (Å²) in [5.41, 5.74) is 12.3. The topological polar surface area (TPSA) is 99.8 Å². The van der Waals surface area contributed by atoms with Gasteiger partial charge in [0, 0.05) is 12.4 Å². The Labute approximate surface area is 99.6 Å². The molecule has 82 valence electrons. The molecule has 0 saturated carbocycles. The number of hydrogen-bond donors (Lipinski definition) is 2. The molecule has 0 aliphatic rings. The van der Waals surface area contributed by atoms with E-state index in [0.717, 1.165) is 0 Å². The molecule has 16 heavy (non-hydrogen) atoms. The highest BCUT2D eigenvalue weighted by atomic mass is 79.9. The van der Waals surface area contributed by atoms with Crippen LogP contribution in [0.2, 0.25) is 0 Å². The summed E-state index contributed by atoms with van der Waals surface area (Å²) in [6.07, 6.45) is 3.11. The molecule has 0 bridgehead atoms. The Bertz CT molecular complexity index is 551. The van der Waals surface area contributed by atoms with Gasteiger partial charge in [-0.25, -0.2) is 9.97 Å². The first-order valence-corrected chi connectivity index (χ1v) is 5.06. The molecule has 2 heterocycles. The Hall–Kier alpha value is -1.89. The fourth-order valence-electron chi connectivity index (χ4n) is 1.27. The lowest BCUT2D eigenvalue weighted by molar-refractivity contribution is 0.100. The number of amides is 1. The van der Waals surface area contributed by atoms with Crippen LogP contribution in [0.25, 0.3) is 11.4 Å². The first-order chi connectivity index (χ1) is 7.58. The lowest BCUT2D eigenvalue weighted by atomic mass is 10.2. The number of rotatable bonds is 2. The van der Waals surface area contributed by atoms with Crippen molar-refractivity contribution < 1.29 is 4.79 Å². The van der Waals surface area contributed by atoms with Crippen molar-refractivity contribution >= 4 is 28.0 Å². The number of nitrogens with two attached hydrogens (primary N) is 2. The molecule has 0 aliphatic heterocycles. The van der Waals surface area contributed by atoms with E-state index >= 15 is 0 Å². The molecule has 2 rings (SSSR count). The third-order valence-corrected chi connectivity index (χ3v) is 2.58. The maximum atomic E-state index is 11.0. The van der Waals surface area contributed by atoms with Crippen LogP contribution in [0.1, 0.15) is 10.4 Å².